The maximum atomic E-state index is 11.8. The zero-order valence-corrected chi connectivity index (χ0v) is 12.0. The van der Waals surface area contributed by atoms with E-state index in [4.69, 9.17) is 4.74 Å². The van der Waals surface area contributed by atoms with E-state index in [1.807, 2.05) is 20.8 Å². The normalized spacial score (nSPS) is 25.6. The third-order valence-corrected chi connectivity index (χ3v) is 5.36. The van der Waals surface area contributed by atoms with Crippen LogP contribution in [0.15, 0.2) is 0 Å². The van der Waals surface area contributed by atoms with Gasteiger partial charge < -0.3 is 9.64 Å². The molecule has 0 aromatic heterocycles. The van der Waals surface area contributed by atoms with Crippen molar-refractivity contribution in [2.45, 2.75) is 39.2 Å². The fourth-order valence-corrected chi connectivity index (χ4v) is 4.73. The number of hydrogen-bond donors (Lipinski definition) is 0. The molecule has 18 heavy (non-hydrogen) atoms. The van der Waals surface area contributed by atoms with Crippen LogP contribution in [0.4, 0.5) is 4.79 Å². The molecule has 0 atom stereocenters. The Bertz CT molecular complexity index is 443. The van der Waals surface area contributed by atoms with Gasteiger partial charge in [-0.05, 0) is 33.6 Å². The number of likely N-dealkylation sites (tertiary alicyclic amines) is 1. The predicted octanol–water partition coefficient (Wildman–Crippen LogP) is 1.43. The number of nitrogens with zero attached hydrogens (tertiary/aromatic N) is 1. The van der Waals surface area contributed by atoms with E-state index in [2.05, 4.69) is 0 Å². The van der Waals surface area contributed by atoms with Crippen LogP contribution in [0.2, 0.25) is 0 Å². The lowest BCUT2D eigenvalue weighted by atomic mass is 9.78. The van der Waals surface area contributed by atoms with Crippen molar-refractivity contribution >= 4 is 15.9 Å². The highest BCUT2D eigenvalue weighted by Crippen LogP contribution is 2.40. The van der Waals surface area contributed by atoms with Crippen LogP contribution in [0.5, 0.6) is 0 Å². The molecule has 0 N–H and O–H groups in total. The van der Waals surface area contributed by atoms with Crippen molar-refractivity contribution in [3.05, 3.63) is 0 Å². The highest BCUT2D eigenvalue weighted by molar-refractivity contribution is 7.91. The maximum absolute atomic E-state index is 11.8. The number of hydrogen-bond acceptors (Lipinski definition) is 4. The molecule has 104 valence electrons. The second-order valence-electron chi connectivity index (χ2n) is 6.53. The standard InChI is InChI=1S/C12H21NO4S/c1-11(2,3)17-10(14)13-7-12(8-13)5-4-6-18(15,16)9-12/h4-9H2,1-3H3. The van der Waals surface area contributed by atoms with Crippen LogP contribution >= 0.6 is 0 Å². The summed E-state index contributed by atoms with van der Waals surface area (Å²) in [4.78, 5) is 13.4. The molecular weight excluding hydrogens is 254 g/mol. The number of amides is 1. The molecule has 5 nitrogen and oxygen atoms in total. The largest absolute Gasteiger partial charge is 0.444 e. The third-order valence-electron chi connectivity index (χ3n) is 3.39. The molecule has 2 rings (SSSR count). The summed E-state index contributed by atoms with van der Waals surface area (Å²) in [7, 11) is -2.91. The molecule has 0 aromatic carbocycles. The molecule has 2 aliphatic heterocycles. The lowest BCUT2D eigenvalue weighted by Crippen LogP contribution is -2.63. The Kier molecular flexibility index (Phi) is 3.12. The molecule has 2 fully saturated rings. The van der Waals surface area contributed by atoms with Crippen molar-refractivity contribution in [1.29, 1.82) is 0 Å². The number of ether oxygens (including phenoxy) is 1. The molecule has 2 heterocycles. The molecule has 6 heteroatoms. The van der Waals surface area contributed by atoms with Gasteiger partial charge in [-0.15, -0.1) is 0 Å². The van der Waals surface area contributed by atoms with Crippen molar-refractivity contribution in [2.24, 2.45) is 5.41 Å². The van der Waals surface area contributed by atoms with Crippen LogP contribution < -0.4 is 0 Å². The van der Waals surface area contributed by atoms with Gasteiger partial charge in [-0.25, -0.2) is 13.2 Å². The first kappa shape index (κ1) is 13.6. The SMILES string of the molecule is CC(C)(C)OC(=O)N1CC2(CCCS(=O)(=O)C2)C1. The molecule has 0 aromatic rings. The van der Waals surface area contributed by atoms with E-state index in [1.54, 1.807) is 4.90 Å². The summed E-state index contributed by atoms with van der Waals surface area (Å²) in [6, 6.07) is 0. The van der Waals surface area contributed by atoms with Gasteiger partial charge >= 0.3 is 6.09 Å². The van der Waals surface area contributed by atoms with Gasteiger partial charge in [0.05, 0.1) is 11.5 Å². The van der Waals surface area contributed by atoms with Crippen LogP contribution in [0.1, 0.15) is 33.6 Å². The molecule has 1 amide bonds. The van der Waals surface area contributed by atoms with E-state index >= 15 is 0 Å². The molecule has 0 unspecified atom stereocenters. The molecule has 0 saturated carbocycles. The van der Waals surface area contributed by atoms with E-state index in [-0.39, 0.29) is 17.3 Å². The molecule has 1 spiro atoms. The first-order valence-corrected chi connectivity index (χ1v) is 8.11. The van der Waals surface area contributed by atoms with Crippen LogP contribution in [-0.2, 0) is 14.6 Å². The van der Waals surface area contributed by atoms with Crippen LogP contribution in [0.25, 0.3) is 0 Å². The van der Waals surface area contributed by atoms with Crippen molar-refractivity contribution in [1.82, 2.24) is 4.90 Å². The van der Waals surface area contributed by atoms with Crippen LogP contribution in [0, 0.1) is 5.41 Å². The Morgan fingerprint density at radius 2 is 1.89 bits per heavy atom. The Morgan fingerprint density at radius 1 is 1.28 bits per heavy atom. The highest BCUT2D eigenvalue weighted by Gasteiger charge is 2.50. The number of sulfone groups is 1. The van der Waals surface area contributed by atoms with Crippen LogP contribution in [0.3, 0.4) is 0 Å². The van der Waals surface area contributed by atoms with E-state index in [0.717, 1.165) is 6.42 Å². The minimum atomic E-state index is -2.91. The fraction of sp³-hybridized carbons (Fsp3) is 0.917. The molecule has 2 aliphatic rings. The van der Waals surface area contributed by atoms with Gasteiger partial charge in [0.25, 0.3) is 0 Å². The minimum absolute atomic E-state index is 0.200. The lowest BCUT2D eigenvalue weighted by molar-refractivity contribution is -0.0306. The number of carbonyl (C=O) groups is 1. The van der Waals surface area contributed by atoms with E-state index < -0.39 is 15.4 Å². The van der Waals surface area contributed by atoms with E-state index in [0.29, 0.717) is 25.3 Å². The average Bonchev–Trinajstić information content (AvgIpc) is 2.09. The van der Waals surface area contributed by atoms with Crippen molar-refractivity contribution in [2.75, 3.05) is 24.6 Å². The summed E-state index contributed by atoms with van der Waals surface area (Å²) < 4.78 is 28.5. The lowest BCUT2D eigenvalue weighted by Gasteiger charge is -2.51. The first-order valence-electron chi connectivity index (χ1n) is 6.29. The van der Waals surface area contributed by atoms with Gasteiger partial charge in [0.15, 0.2) is 9.84 Å². The number of rotatable bonds is 0. The Balaban J connectivity index is 1.92. The highest BCUT2D eigenvalue weighted by atomic mass is 32.2. The zero-order chi connectivity index (χ0) is 13.6. The smallest absolute Gasteiger partial charge is 0.410 e. The zero-order valence-electron chi connectivity index (χ0n) is 11.2. The quantitative estimate of drug-likeness (QED) is 0.671. The topological polar surface area (TPSA) is 63.7 Å². The molecule has 2 saturated heterocycles. The summed E-state index contributed by atoms with van der Waals surface area (Å²) in [6.07, 6.45) is 1.27. The molecule has 0 radical (unpaired) electrons. The Morgan fingerprint density at radius 3 is 2.39 bits per heavy atom. The van der Waals surface area contributed by atoms with Gasteiger partial charge in [-0.2, -0.15) is 0 Å². The first-order chi connectivity index (χ1) is 8.11. The van der Waals surface area contributed by atoms with Gasteiger partial charge in [0.1, 0.15) is 5.60 Å². The Hall–Kier alpha value is -0.780. The summed E-state index contributed by atoms with van der Waals surface area (Å²) >= 11 is 0. The second-order valence-corrected chi connectivity index (χ2v) is 8.72. The van der Waals surface area contributed by atoms with Gasteiger partial charge in [-0.1, -0.05) is 0 Å². The van der Waals surface area contributed by atoms with Crippen molar-refractivity contribution in [3.63, 3.8) is 0 Å². The van der Waals surface area contributed by atoms with Gasteiger partial charge in [0, 0.05) is 18.5 Å². The predicted molar refractivity (Wildman–Crippen MR) is 68.1 cm³/mol. The number of carbonyl (C=O) groups excluding carboxylic acids is 1. The van der Waals surface area contributed by atoms with Gasteiger partial charge in [-0.3, -0.25) is 0 Å². The molecule has 0 bridgehead atoms. The maximum Gasteiger partial charge on any atom is 0.410 e. The van der Waals surface area contributed by atoms with Crippen molar-refractivity contribution in [3.8, 4) is 0 Å². The summed E-state index contributed by atoms with van der Waals surface area (Å²) in [5, 5.41) is 0. The summed E-state index contributed by atoms with van der Waals surface area (Å²) in [6.45, 7) is 6.50. The summed E-state index contributed by atoms with van der Waals surface area (Å²) in [5.74, 6) is 0.514. The van der Waals surface area contributed by atoms with Crippen LogP contribution in [-0.4, -0.2) is 49.6 Å². The van der Waals surface area contributed by atoms with Crippen molar-refractivity contribution < 1.29 is 17.9 Å². The third kappa shape index (κ3) is 2.96. The van der Waals surface area contributed by atoms with E-state index in [9.17, 15) is 13.2 Å². The monoisotopic (exact) mass is 275 g/mol. The molecular formula is C12H21NO4S. The van der Waals surface area contributed by atoms with E-state index in [1.165, 1.54) is 0 Å². The van der Waals surface area contributed by atoms with Gasteiger partial charge in [0.2, 0.25) is 0 Å². The molecule has 0 aliphatic carbocycles. The fourth-order valence-electron chi connectivity index (χ4n) is 2.75. The second kappa shape index (κ2) is 4.11. The Labute approximate surface area is 108 Å². The minimum Gasteiger partial charge on any atom is -0.444 e. The summed E-state index contributed by atoms with van der Waals surface area (Å²) in [5.41, 5.74) is -0.702. The average molecular weight is 275 g/mol.